The summed E-state index contributed by atoms with van der Waals surface area (Å²) in [5, 5.41) is 1.72. The third-order valence-corrected chi connectivity index (χ3v) is 8.38. The number of nitrogens with one attached hydrogen (secondary N) is 1. The number of hydrogen-bond donors (Lipinski definition) is 1. The molecule has 30 heavy (non-hydrogen) atoms. The topological polar surface area (TPSA) is 66.5 Å². The lowest BCUT2D eigenvalue weighted by atomic mass is 9.76. The van der Waals surface area contributed by atoms with Gasteiger partial charge in [0.1, 0.15) is 4.21 Å². The van der Waals surface area contributed by atoms with Crippen LogP contribution in [-0.2, 0) is 15.4 Å². The van der Waals surface area contributed by atoms with E-state index in [0.29, 0.717) is 17.8 Å². The summed E-state index contributed by atoms with van der Waals surface area (Å²) >= 11 is 1.16. The van der Waals surface area contributed by atoms with Crippen LogP contribution >= 0.6 is 11.3 Å². The van der Waals surface area contributed by atoms with E-state index >= 15 is 0 Å². The number of hydrogen-bond acceptors (Lipinski definition) is 4. The Morgan fingerprint density at radius 1 is 1.03 bits per heavy atom. The number of sulfonamides is 1. The van der Waals surface area contributed by atoms with Crippen molar-refractivity contribution < 1.29 is 13.2 Å². The van der Waals surface area contributed by atoms with Crippen LogP contribution in [0.25, 0.3) is 0 Å². The highest BCUT2D eigenvalue weighted by Crippen LogP contribution is 2.34. The third kappa shape index (κ3) is 4.27. The molecule has 2 heterocycles. The van der Waals surface area contributed by atoms with E-state index in [-0.39, 0.29) is 15.5 Å². The van der Waals surface area contributed by atoms with E-state index in [4.69, 9.17) is 0 Å². The lowest BCUT2D eigenvalue weighted by molar-refractivity contribution is 0.0651. The second kappa shape index (κ2) is 8.24. The Kier molecular flexibility index (Phi) is 5.66. The number of carbonyl (C=O) groups excluding carboxylic acids is 1. The van der Waals surface area contributed by atoms with E-state index in [9.17, 15) is 13.2 Å². The minimum atomic E-state index is -3.60. The molecule has 1 amide bonds. The maximum atomic E-state index is 13.1. The van der Waals surface area contributed by atoms with E-state index in [1.54, 1.807) is 41.8 Å². The highest BCUT2D eigenvalue weighted by atomic mass is 32.2. The number of likely N-dealkylation sites (tertiary alicyclic amines) is 1. The molecule has 1 N–H and O–H groups in total. The van der Waals surface area contributed by atoms with Crippen LogP contribution in [0.1, 0.15) is 35.7 Å². The summed E-state index contributed by atoms with van der Waals surface area (Å²) < 4.78 is 27.5. The molecule has 4 rings (SSSR count). The number of amides is 1. The zero-order valence-electron chi connectivity index (χ0n) is 16.7. The fraction of sp³-hybridized carbons (Fsp3) is 0.261. The van der Waals surface area contributed by atoms with Crippen molar-refractivity contribution in [1.29, 1.82) is 0 Å². The molecule has 5 nitrogen and oxygen atoms in total. The number of benzene rings is 2. The summed E-state index contributed by atoms with van der Waals surface area (Å²) in [6.45, 7) is 3.61. The number of anilines is 1. The van der Waals surface area contributed by atoms with Gasteiger partial charge in [0.05, 0.1) is 0 Å². The van der Waals surface area contributed by atoms with Crippen molar-refractivity contribution in [3.63, 3.8) is 0 Å². The standard InChI is InChI=1S/C23H24N2O3S2/c1-23(19-7-3-2-4-8-19)14-6-15-25(17-23)22(26)18-10-12-20(13-11-18)24-30(27,28)21-9-5-16-29-21/h2-5,7-13,16,24H,6,14-15,17H2,1H3. The number of piperidine rings is 1. The van der Waals surface area contributed by atoms with Gasteiger partial charge >= 0.3 is 0 Å². The average Bonchev–Trinajstić information content (AvgIpc) is 3.30. The Hall–Kier alpha value is -2.64. The van der Waals surface area contributed by atoms with Crippen LogP contribution in [0.2, 0.25) is 0 Å². The van der Waals surface area contributed by atoms with Crippen LogP contribution in [0, 0.1) is 0 Å². The first-order valence-corrected chi connectivity index (χ1v) is 12.2. The predicted molar refractivity (Wildman–Crippen MR) is 121 cm³/mol. The van der Waals surface area contributed by atoms with Gasteiger partial charge in [0.25, 0.3) is 15.9 Å². The molecule has 1 saturated heterocycles. The predicted octanol–water partition coefficient (Wildman–Crippen LogP) is 4.74. The zero-order valence-corrected chi connectivity index (χ0v) is 18.4. The van der Waals surface area contributed by atoms with Gasteiger partial charge in [-0.05, 0) is 54.1 Å². The molecule has 0 radical (unpaired) electrons. The number of thiophene rings is 1. The summed E-state index contributed by atoms with van der Waals surface area (Å²) in [7, 11) is -3.60. The van der Waals surface area contributed by atoms with E-state index in [1.807, 2.05) is 23.1 Å². The molecular formula is C23H24N2O3S2. The molecule has 0 spiro atoms. The maximum Gasteiger partial charge on any atom is 0.271 e. The van der Waals surface area contributed by atoms with Crippen LogP contribution in [0.3, 0.4) is 0 Å². The molecule has 3 aromatic rings. The van der Waals surface area contributed by atoms with E-state index in [2.05, 4.69) is 23.8 Å². The van der Waals surface area contributed by atoms with Crippen molar-refractivity contribution in [2.24, 2.45) is 0 Å². The van der Waals surface area contributed by atoms with Crippen molar-refractivity contribution in [1.82, 2.24) is 4.90 Å². The summed E-state index contributed by atoms with van der Waals surface area (Å²) in [6, 6.07) is 20.2. The summed E-state index contributed by atoms with van der Waals surface area (Å²) in [4.78, 5) is 15.0. The van der Waals surface area contributed by atoms with Gasteiger partial charge in [-0.3, -0.25) is 9.52 Å². The molecule has 7 heteroatoms. The first kappa shape index (κ1) is 20.6. The third-order valence-electron chi connectivity index (χ3n) is 5.60. The minimum absolute atomic E-state index is 0.0236. The van der Waals surface area contributed by atoms with Crippen LogP contribution in [0.4, 0.5) is 5.69 Å². The molecule has 1 fully saturated rings. The Bertz CT molecular complexity index is 1110. The maximum absolute atomic E-state index is 13.1. The van der Waals surface area contributed by atoms with Crippen LogP contribution in [-0.4, -0.2) is 32.3 Å². The molecule has 0 bridgehead atoms. The molecule has 1 aliphatic rings. The SMILES string of the molecule is CC1(c2ccccc2)CCCN(C(=O)c2ccc(NS(=O)(=O)c3cccs3)cc2)C1. The highest BCUT2D eigenvalue weighted by molar-refractivity contribution is 7.94. The number of carbonyl (C=O) groups is 1. The quantitative estimate of drug-likeness (QED) is 0.623. The molecular weight excluding hydrogens is 416 g/mol. The lowest BCUT2D eigenvalue weighted by Crippen LogP contribution is -2.47. The van der Waals surface area contributed by atoms with Gasteiger partial charge in [0.15, 0.2) is 0 Å². The Morgan fingerprint density at radius 2 is 1.77 bits per heavy atom. The minimum Gasteiger partial charge on any atom is -0.338 e. The van der Waals surface area contributed by atoms with Crippen molar-refractivity contribution in [2.75, 3.05) is 17.8 Å². The van der Waals surface area contributed by atoms with Gasteiger partial charge in [-0.15, -0.1) is 11.3 Å². The second-order valence-electron chi connectivity index (χ2n) is 7.87. The first-order valence-electron chi connectivity index (χ1n) is 9.89. The lowest BCUT2D eigenvalue weighted by Gasteiger charge is -2.41. The second-order valence-corrected chi connectivity index (χ2v) is 10.7. The smallest absolute Gasteiger partial charge is 0.271 e. The summed E-state index contributed by atoms with van der Waals surface area (Å²) in [5.41, 5.74) is 2.19. The van der Waals surface area contributed by atoms with Gasteiger partial charge in [0.2, 0.25) is 0 Å². The molecule has 1 atom stereocenters. The summed E-state index contributed by atoms with van der Waals surface area (Å²) in [6.07, 6.45) is 2.00. The molecule has 156 valence electrons. The van der Waals surface area contributed by atoms with Crippen LogP contribution in [0.15, 0.2) is 76.3 Å². The average molecular weight is 441 g/mol. The van der Waals surface area contributed by atoms with Crippen LogP contribution < -0.4 is 4.72 Å². The van der Waals surface area contributed by atoms with Gasteiger partial charge in [-0.1, -0.05) is 43.3 Å². The summed E-state index contributed by atoms with van der Waals surface area (Å²) in [5.74, 6) is -0.0236. The zero-order chi connectivity index (χ0) is 21.2. The Morgan fingerprint density at radius 3 is 2.43 bits per heavy atom. The van der Waals surface area contributed by atoms with Gasteiger partial charge in [0, 0.05) is 29.8 Å². The molecule has 1 aliphatic heterocycles. The van der Waals surface area contributed by atoms with Gasteiger partial charge < -0.3 is 4.90 Å². The van der Waals surface area contributed by atoms with E-state index in [1.165, 1.54) is 5.56 Å². The Balaban J connectivity index is 1.47. The fourth-order valence-corrected chi connectivity index (χ4v) is 6.03. The number of rotatable bonds is 5. The molecule has 0 saturated carbocycles. The van der Waals surface area contributed by atoms with Crippen LogP contribution in [0.5, 0.6) is 0 Å². The molecule has 1 unspecified atom stereocenters. The number of nitrogens with zero attached hydrogens (tertiary/aromatic N) is 1. The molecule has 2 aromatic carbocycles. The van der Waals surface area contributed by atoms with E-state index in [0.717, 1.165) is 30.7 Å². The van der Waals surface area contributed by atoms with Crippen molar-refractivity contribution in [2.45, 2.75) is 29.4 Å². The van der Waals surface area contributed by atoms with Crippen molar-refractivity contribution in [3.8, 4) is 0 Å². The Labute approximate surface area is 181 Å². The largest absolute Gasteiger partial charge is 0.338 e. The monoisotopic (exact) mass is 440 g/mol. The van der Waals surface area contributed by atoms with Gasteiger partial charge in [-0.25, -0.2) is 8.42 Å². The normalized spacial score (nSPS) is 19.4. The van der Waals surface area contributed by atoms with Gasteiger partial charge in [-0.2, -0.15) is 0 Å². The molecule has 1 aromatic heterocycles. The van der Waals surface area contributed by atoms with E-state index < -0.39 is 10.0 Å². The van der Waals surface area contributed by atoms with Crippen molar-refractivity contribution in [3.05, 3.63) is 83.2 Å². The fourth-order valence-electron chi connectivity index (χ4n) is 3.97. The molecule has 0 aliphatic carbocycles. The highest BCUT2D eigenvalue weighted by Gasteiger charge is 2.34. The first-order chi connectivity index (χ1) is 14.4. The van der Waals surface area contributed by atoms with Crippen molar-refractivity contribution >= 4 is 33.0 Å².